The third-order valence-electron chi connectivity index (χ3n) is 5.00. The van der Waals surface area contributed by atoms with Crippen LogP contribution in [0.5, 0.6) is 0 Å². The van der Waals surface area contributed by atoms with Crippen LogP contribution >= 0.6 is 0 Å². The molecule has 6 nitrogen and oxygen atoms in total. The Morgan fingerprint density at radius 1 is 1.00 bits per heavy atom. The van der Waals surface area contributed by atoms with Crippen LogP contribution in [-0.4, -0.2) is 31.6 Å². The van der Waals surface area contributed by atoms with Crippen molar-refractivity contribution >= 4 is 21.8 Å². The first-order valence-corrected chi connectivity index (χ1v) is 10.9. The Hall–Kier alpha value is -2.50. The van der Waals surface area contributed by atoms with Crippen LogP contribution in [0, 0.1) is 30.2 Å². The molecule has 3 rings (SSSR count). The first-order valence-electron chi connectivity index (χ1n) is 9.45. The standard InChI is InChI=1S/C20H20F4N2O4S/c1-11-2-7-15(16(21)8-11)20(28)26(13-9-17(22)19(24)18(23)10-13)31(29,30)25-12-3-5-14(27)6-4-12/h2,7-10,12,14,25,27H,3-6H2,1H3. The molecule has 1 aliphatic rings. The molecule has 1 amide bonds. The van der Waals surface area contributed by atoms with Gasteiger partial charge < -0.3 is 5.11 Å². The first-order chi connectivity index (χ1) is 14.5. The molecule has 1 aliphatic carbocycles. The van der Waals surface area contributed by atoms with Crippen LogP contribution in [0.25, 0.3) is 0 Å². The van der Waals surface area contributed by atoms with Gasteiger partial charge in [0.2, 0.25) is 0 Å². The average Bonchev–Trinajstić information content (AvgIpc) is 2.67. The highest BCUT2D eigenvalue weighted by molar-refractivity contribution is 7.91. The minimum absolute atomic E-state index is 0.0113. The van der Waals surface area contributed by atoms with Crippen molar-refractivity contribution in [1.82, 2.24) is 4.72 Å². The van der Waals surface area contributed by atoms with E-state index in [9.17, 15) is 35.9 Å². The van der Waals surface area contributed by atoms with Gasteiger partial charge in [-0.05, 0) is 50.3 Å². The first kappa shape index (κ1) is 23.2. The van der Waals surface area contributed by atoms with Crippen LogP contribution in [0.3, 0.4) is 0 Å². The average molecular weight is 460 g/mol. The minimum atomic E-state index is -4.78. The number of nitrogens with zero attached hydrogens (tertiary/aromatic N) is 1. The monoisotopic (exact) mass is 460 g/mol. The summed E-state index contributed by atoms with van der Waals surface area (Å²) in [5, 5.41) is 9.59. The number of amides is 1. The molecule has 1 fully saturated rings. The molecule has 0 heterocycles. The molecule has 0 atom stereocenters. The molecule has 1 saturated carbocycles. The van der Waals surface area contributed by atoms with E-state index in [0.717, 1.165) is 12.1 Å². The Balaban J connectivity index is 2.06. The van der Waals surface area contributed by atoms with Gasteiger partial charge in [0.05, 0.1) is 17.4 Å². The molecule has 11 heteroatoms. The zero-order valence-corrected chi connectivity index (χ0v) is 17.2. The van der Waals surface area contributed by atoms with Crippen LogP contribution in [0.2, 0.25) is 0 Å². The summed E-state index contributed by atoms with van der Waals surface area (Å²) in [7, 11) is -4.78. The number of hydrogen-bond donors (Lipinski definition) is 2. The molecule has 2 aromatic carbocycles. The Morgan fingerprint density at radius 3 is 2.13 bits per heavy atom. The lowest BCUT2D eigenvalue weighted by molar-refractivity contribution is 0.0999. The van der Waals surface area contributed by atoms with Crippen molar-refractivity contribution in [2.75, 3.05) is 4.31 Å². The Bertz CT molecular complexity index is 1080. The van der Waals surface area contributed by atoms with Gasteiger partial charge in [-0.2, -0.15) is 17.4 Å². The molecule has 0 bridgehead atoms. The third-order valence-corrected chi connectivity index (χ3v) is 6.48. The summed E-state index contributed by atoms with van der Waals surface area (Å²) in [5.41, 5.74) is -1.02. The van der Waals surface area contributed by atoms with E-state index >= 15 is 0 Å². The van der Waals surface area contributed by atoms with Crippen LogP contribution in [-0.2, 0) is 10.2 Å². The van der Waals surface area contributed by atoms with Gasteiger partial charge in [-0.3, -0.25) is 4.79 Å². The molecule has 2 aromatic rings. The van der Waals surface area contributed by atoms with Gasteiger partial charge >= 0.3 is 10.2 Å². The summed E-state index contributed by atoms with van der Waals surface area (Å²) < 4.78 is 83.8. The number of anilines is 1. The van der Waals surface area contributed by atoms with Crippen LogP contribution in [0.4, 0.5) is 23.2 Å². The fraction of sp³-hybridized carbons (Fsp3) is 0.350. The highest BCUT2D eigenvalue weighted by atomic mass is 32.2. The molecule has 0 aromatic heterocycles. The third kappa shape index (κ3) is 5.05. The van der Waals surface area contributed by atoms with Gasteiger partial charge in [-0.1, -0.05) is 6.07 Å². The van der Waals surface area contributed by atoms with Crippen molar-refractivity contribution in [3.8, 4) is 0 Å². The van der Waals surface area contributed by atoms with E-state index in [-0.39, 0.29) is 17.1 Å². The second-order valence-electron chi connectivity index (χ2n) is 7.40. The number of hydrogen-bond acceptors (Lipinski definition) is 4. The Kier molecular flexibility index (Phi) is 6.68. The second-order valence-corrected chi connectivity index (χ2v) is 8.96. The van der Waals surface area contributed by atoms with Crippen LogP contribution < -0.4 is 9.03 Å². The zero-order chi connectivity index (χ0) is 22.9. The summed E-state index contributed by atoms with van der Waals surface area (Å²) in [6.45, 7) is 1.55. The van der Waals surface area contributed by atoms with E-state index in [4.69, 9.17) is 0 Å². The molecule has 0 spiro atoms. The topological polar surface area (TPSA) is 86.7 Å². The SMILES string of the molecule is Cc1ccc(C(=O)N(c2cc(F)c(F)c(F)c2)S(=O)(=O)NC2CCC(O)CC2)c(F)c1. The lowest BCUT2D eigenvalue weighted by atomic mass is 9.94. The predicted octanol–water partition coefficient (Wildman–Crippen LogP) is 3.34. The lowest BCUT2D eigenvalue weighted by Gasteiger charge is -2.29. The van der Waals surface area contributed by atoms with E-state index in [1.54, 1.807) is 6.92 Å². The number of aliphatic hydroxyl groups is 1. The van der Waals surface area contributed by atoms with Gasteiger partial charge in [-0.25, -0.2) is 17.6 Å². The maximum atomic E-state index is 14.4. The van der Waals surface area contributed by atoms with Crippen molar-refractivity contribution in [3.05, 3.63) is 64.7 Å². The number of carbonyl (C=O) groups is 1. The van der Waals surface area contributed by atoms with E-state index in [0.29, 0.717) is 30.5 Å². The normalized spacial score (nSPS) is 19.3. The number of aryl methyl sites for hydroxylation is 1. The lowest BCUT2D eigenvalue weighted by Crippen LogP contribution is -2.49. The molecule has 2 N–H and O–H groups in total. The molecule has 0 aliphatic heterocycles. The maximum Gasteiger partial charge on any atom is 0.308 e. The highest BCUT2D eigenvalue weighted by Crippen LogP contribution is 2.27. The predicted molar refractivity (Wildman–Crippen MR) is 105 cm³/mol. The summed E-state index contributed by atoms with van der Waals surface area (Å²) in [6, 6.07) is 3.42. The van der Waals surface area contributed by atoms with Crippen molar-refractivity contribution in [1.29, 1.82) is 0 Å². The molecule has 0 radical (unpaired) electrons. The highest BCUT2D eigenvalue weighted by Gasteiger charge is 2.35. The number of carbonyl (C=O) groups excluding carboxylic acids is 1. The number of nitrogens with one attached hydrogen (secondary N) is 1. The van der Waals surface area contributed by atoms with E-state index < -0.39 is 62.8 Å². The van der Waals surface area contributed by atoms with Gasteiger partial charge in [0.15, 0.2) is 17.5 Å². The Morgan fingerprint density at radius 2 is 1.58 bits per heavy atom. The zero-order valence-electron chi connectivity index (χ0n) is 16.4. The number of rotatable bonds is 5. The molecular formula is C20H20F4N2O4S. The van der Waals surface area contributed by atoms with E-state index in [1.165, 1.54) is 6.07 Å². The van der Waals surface area contributed by atoms with Crippen molar-refractivity contribution in [2.45, 2.75) is 44.8 Å². The quantitative estimate of drug-likeness (QED) is 0.530. The van der Waals surface area contributed by atoms with Gasteiger partial charge in [0.25, 0.3) is 5.91 Å². The summed E-state index contributed by atoms with van der Waals surface area (Å²) in [5.74, 6) is -7.72. The van der Waals surface area contributed by atoms with E-state index in [2.05, 4.69) is 4.72 Å². The smallest absolute Gasteiger partial charge is 0.308 e. The molecule has 31 heavy (non-hydrogen) atoms. The van der Waals surface area contributed by atoms with Crippen molar-refractivity contribution < 1.29 is 35.9 Å². The fourth-order valence-electron chi connectivity index (χ4n) is 3.38. The van der Waals surface area contributed by atoms with Gasteiger partial charge in [0.1, 0.15) is 5.82 Å². The summed E-state index contributed by atoms with van der Waals surface area (Å²) >= 11 is 0. The minimum Gasteiger partial charge on any atom is -0.393 e. The molecule has 0 unspecified atom stereocenters. The van der Waals surface area contributed by atoms with Crippen molar-refractivity contribution in [3.63, 3.8) is 0 Å². The second kappa shape index (κ2) is 8.93. The van der Waals surface area contributed by atoms with Gasteiger partial charge in [-0.15, -0.1) is 0 Å². The number of halogens is 4. The number of benzene rings is 2. The molecule has 168 valence electrons. The summed E-state index contributed by atoms with van der Waals surface area (Å²) in [6.07, 6.45) is 0.558. The summed E-state index contributed by atoms with van der Waals surface area (Å²) in [4.78, 5) is 13.0. The fourth-order valence-corrected chi connectivity index (χ4v) is 4.85. The largest absolute Gasteiger partial charge is 0.393 e. The maximum absolute atomic E-state index is 14.4. The Labute approximate surface area is 176 Å². The molecule has 0 saturated heterocycles. The van der Waals surface area contributed by atoms with Crippen LogP contribution in [0.1, 0.15) is 41.6 Å². The molecular weight excluding hydrogens is 440 g/mol. The van der Waals surface area contributed by atoms with E-state index in [1.807, 2.05) is 0 Å². The van der Waals surface area contributed by atoms with Gasteiger partial charge in [0, 0.05) is 18.2 Å². The number of aliphatic hydroxyl groups excluding tert-OH is 1. The van der Waals surface area contributed by atoms with Crippen LogP contribution in [0.15, 0.2) is 30.3 Å². The van der Waals surface area contributed by atoms with Crippen molar-refractivity contribution in [2.24, 2.45) is 0 Å².